The Labute approximate surface area is 123 Å². The summed E-state index contributed by atoms with van der Waals surface area (Å²) < 4.78 is 5.51. The van der Waals surface area contributed by atoms with E-state index in [4.69, 9.17) is 4.74 Å². The molecule has 0 bridgehead atoms. The van der Waals surface area contributed by atoms with E-state index in [-0.39, 0.29) is 23.4 Å². The first-order valence-corrected chi connectivity index (χ1v) is 6.95. The van der Waals surface area contributed by atoms with E-state index in [0.29, 0.717) is 13.2 Å². The predicted octanol–water partition coefficient (Wildman–Crippen LogP) is 1.18. The van der Waals surface area contributed by atoms with Gasteiger partial charge >= 0.3 is 5.69 Å². The molecule has 1 aliphatic heterocycles. The second kappa shape index (κ2) is 7.03. The number of para-hydroxylation sites is 2. The van der Waals surface area contributed by atoms with E-state index in [1.54, 1.807) is 25.2 Å². The zero-order valence-electron chi connectivity index (χ0n) is 11.9. The van der Waals surface area contributed by atoms with Crippen molar-refractivity contribution < 1.29 is 14.5 Å². The van der Waals surface area contributed by atoms with Crippen molar-refractivity contribution in [3.8, 4) is 5.75 Å². The highest BCUT2D eigenvalue weighted by molar-refractivity contribution is 5.81. The number of nitro groups is 1. The first kappa shape index (κ1) is 15.2. The van der Waals surface area contributed by atoms with Crippen LogP contribution in [0.25, 0.3) is 0 Å². The van der Waals surface area contributed by atoms with Crippen molar-refractivity contribution in [2.75, 3.05) is 26.7 Å². The highest BCUT2D eigenvalue weighted by atomic mass is 16.6. The number of benzene rings is 1. The van der Waals surface area contributed by atoms with Crippen LogP contribution in [0.5, 0.6) is 5.75 Å². The van der Waals surface area contributed by atoms with Crippen LogP contribution in [0.1, 0.15) is 12.8 Å². The van der Waals surface area contributed by atoms with E-state index in [1.165, 1.54) is 6.07 Å². The van der Waals surface area contributed by atoms with Gasteiger partial charge in [-0.25, -0.2) is 0 Å². The van der Waals surface area contributed by atoms with Gasteiger partial charge in [-0.05, 0) is 25.5 Å². The maximum atomic E-state index is 11.7. The zero-order valence-corrected chi connectivity index (χ0v) is 11.9. The molecule has 1 saturated heterocycles. The van der Waals surface area contributed by atoms with Crippen LogP contribution in [0.2, 0.25) is 0 Å². The van der Waals surface area contributed by atoms with Gasteiger partial charge in [0.05, 0.1) is 11.0 Å². The Bertz CT molecular complexity index is 521. The van der Waals surface area contributed by atoms with Crippen molar-refractivity contribution in [1.29, 1.82) is 0 Å². The molecule has 0 radical (unpaired) electrons. The molecule has 21 heavy (non-hydrogen) atoms. The minimum atomic E-state index is -0.460. The topological polar surface area (TPSA) is 84.7 Å². The summed E-state index contributed by atoms with van der Waals surface area (Å²) in [6, 6.07) is 6.18. The van der Waals surface area contributed by atoms with Crippen LogP contribution in [0, 0.1) is 10.1 Å². The molecule has 7 nitrogen and oxygen atoms in total. The highest BCUT2D eigenvalue weighted by Gasteiger charge is 2.29. The molecule has 1 fully saturated rings. The first-order valence-electron chi connectivity index (χ1n) is 6.95. The van der Waals surface area contributed by atoms with Gasteiger partial charge < -0.3 is 10.1 Å². The SMILES string of the molecule is CNC(=O)[C@@H]1CCCN1CCOc1ccccc1[N+](=O)[O-]. The average Bonchev–Trinajstić information content (AvgIpc) is 2.95. The van der Waals surface area contributed by atoms with Crippen LogP contribution in [0.3, 0.4) is 0 Å². The van der Waals surface area contributed by atoms with Crippen molar-refractivity contribution in [3.05, 3.63) is 34.4 Å². The summed E-state index contributed by atoms with van der Waals surface area (Å²) in [5.74, 6) is 0.274. The molecule has 1 N–H and O–H groups in total. The fraction of sp³-hybridized carbons (Fsp3) is 0.500. The fourth-order valence-electron chi connectivity index (χ4n) is 2.56. The molecule has 7 heteroatoms. The van der Waals surface area contributed by atoms with Gasteiger partial charge in [0.2, 0.25) is 5.91 Å². The lowest BCUT2D eigenvalue weighted by molar-refractivity contribution is -0.385. The Balaban J connectivity index is 1.90. The number of hydrogen-bond donors (Lipinski definition) is 1. The second-order valence-corrected chi connectivity index (χ2v) is 4.88. The van der Waals surface area contributed by atoms with Crippen molar-refractivity contribution in [1.82, 2.24) is 10.2 Å². The summed E-state index contributed by atoms with van der Waals surface area (Å²) >= 11 is 0. The third-order valence-corrected chi connectivity index (χ3v) is 3.61. The molecule has 1 atom stereocenters. The predicted molar refractivity (Wildman–Crippen MR) is 77.3 cm³/mol. The van der Waals surface area contributed by atoms with Gasteiger partial charge in [0.15, 0.2) is 5.75 Å². The van der Waals surface area contributed by atoms with Gasteiger partial charge in [-0.2, -0.15) is 0 Å². The van der Waals surface area contributed by atoms with Gasteiger partial charge in [-0.3, -0.25) is 19.8 Å². The number of carbonyl (C=O) groups excluding carboxylic acids is 1. The molecule has 0 aliphatic carbocycles. The molecule has 1 aromatic carbocycles. The van der Waals surface area contributed by atoms with Crippen molar-refractivity contribution in [2.45, 2.75) is 18.9 Å². The number of carbonyl (C=O) groups is 1. The van der Waals surface area contributed by atoms with Gasteiger partial charge in [0, 0.05) is 19.7 Å². The van der Waals surface area contributed by atoms with Gasteiger partial charge in [0.25, 0.3) is 0 Å². The smallest absolute Gasteiger partial charge is 0.310 e. The lowest BCUT2D eigenvalue weighted by Crippen LogP contribution is -2.43. The normalized spacial score (nSPS) is 18.4. The van der Waals surface area contributed by atoms with E-state index in [1.807, 2.05) is 4.90 Å². The van der Waals surface area contributed by atoms with Crippen LogP contribution in [0.4, 0.5) is 5.69 Å². The number of nitrogens with zero attached hydrogens (tertiary/aromatic N) is 2. The molecular formula is C14H19N3O4. The minimum absolute atomic E-state index is 0.0122. The number of likely N-dealkylation sites (N-methyl/N-ethyl adjacent to an activating group) is 1. The summed E-state index contributed by atoms with van der Waals surface area (Å²) in [4.78, 5) is 24.2. The Morgan fingerprint density at radius 1 is 1.52 bits per heavy atom. The summed E-state index contributed by atoms with van der Waals surface area (Å²) in [6.07, 6.45) is 1.81. The number of likely N-dealkylation sites (tertiary alicyclic amines) is 1. The molecule has 0 unspecified atom stereocenters. The Kier molecular flexibility index (Phi) is 5.10. The molecule has 0 saturated carbocycles. The van der Waals surface area contributed by atoms with Crippen LogP contribution in [-0.4, -0.2) is 48.5 Å². The van der Waals surface area contributed by atoms with Crippen LogP contribution in [-0.2, 0) is 4.79 Å². The molecule has 1 amide bonds. The number of nitrogens with one attached hydrogen (secondary N) is 1. The van der Waals surface area contributed by atoms with Crippen molar-refractivity contribution in [2.24, 2.45) is 0 Å². The molecule has 1 aromatic rings. The first-order chi connectivity index (χ1) is 10.1. The zero-order chi connectivity index (χ0) is 15.2. The monoisotopic (exact) mass is 293 g/mol. The third kappa shape index (κ3) is 3.69. The summed E-state index contributed by atoms with van der Waals surface area (Å²) in [6.45, 7) is 1.74. The number of hydrogen-bond acceptors (Lipinski definition) is 5. The lowest BCUT2D eigenvalue weighted by atomic mass is 10.2. The lowest BCUT2D eigenvalue weighted by Gasteiger charge is -2.22. The molecule has 1 aliphatic rings. The highest BCUT2D eigenvalue weighted by Crippen LogP contribution is 2.26. The third-order valence-electron chi connectivity index (χ3n) is 3.61. The van der Waals surface area contributed by atoms with Crippen LogP contribution in [0.15, 0.2) is 24.3 Å². The maximum absolute atomic E-state index is 11.7. The fourth-order valence-corrected chi connectivity index (χ4v) is 2.56. The average molecular weight is 293 g/mol. The van der Waals surface area contributed by atoms with Gasteiger partial charge in [-0.15, -0.1) is 0 Å². The number of amides is 1. The van der Waals surface area contributed by atoms with E-state index in [9.17, 15) is 14.9 Å². The van der Waals surface area contributed by atoms with E-state index < -0.39 is 4.92 Å². The molecule has 0 aromatic heterocycles. The molecular weight excluding hydrogens is 274 g/mol. The van der Waals surface area contributed by atoms with Crippen molar-refractivity contribution in [3.63, 3.8) is 0 Å². The van der Waals surface area contributed by atoms with E-state index in [2.05, 4.69) is 5.32 Å². The van der Waals surface area contributed by atoms with Crippen molar-refractivity contribution >= 4 is 11.6 Å². The number of ether oxygens (including phenoxy) is 1. The molecule has 2 rings (SSSR count). The largest absolute Gasteiger partial charge is 0.485 e. The van der Waals surface area contributed by atoms with Gasteiger partial charge in [-0.1, -0.05) is 12.1 Å². The maximum Gasteiger partial charge on any atom is 0.310 e. The summed E-state index contributed by atoms with van der Waals surface area (Å²) in [5.41, 5.74) is -0.0400. The Morgan fingerprint density at radius 2 is 2.29 bits per heavy atom. The number of rotatable bonds is 6. The van der Waals surface area contributed by atoms with E-state index >= 15 is 0 Å². The summed E-state index contributed by atoms with van der Waals surface area (Å²) in [7, 11) is 1.63. The van der Waals surface area contributed by atoms with Crippen LogP contribution >= 0.6 is 0 Å². The summed E-state index contributed by atoms with van der Waals surface area (Å²) in [5, 5.41) is 13.5. The Hall–Kier alpha value is -2.15. The Morgan fingerprint density at radius 3 is 3.00 bits per heavy atom. The molecule has 1 heterocycles. The molecule has 0 spiro atoms. The minimum Gasteiger partial charge on any atom is -0.485 e. The standard InChI is InChI=1S/C14H19N3O4/c1-15-14(18)12-6-4-8-16(12)9-10-21-13-7-3-2-5-11(13)17(19)20/h2-3,5,7,12H,4,6,8-10H2,1H3,(H,15,18)/t12-/m0/s1. The van der Waals surface area contributed by atoms with E-state index in [0.717, 1.165) is 19.4 Å². The van der Waals surface area contributed by atoms with Crippen LogP contribution < -0.4 is 10.1 Å². The van der Waals surface area contributed by atoms with Gasteiger partial charge in [0.1, 0.15) is 6.61 Å². The molecule has 114 valence electrons. The second-order valence-electron chi connectivity index (χ2n) is 4.88. The quantitative estimate of drug-likeness (QED) is 0.629. The number of nitro benzene ring substituents is 1.